The molecule has 5 nitrogen and oxygen atoms in total. The van der Waals surface area contributed by atoms with Gasteiger partial charge in [0.2, 0.25) is 0 Å². The molecule has 1 saturated carbocycles. The molecule has 0 aliphatic heterocycles. The molecule has 1 aliphatic carbocycles. The zero-order chi connectivity index (χ0) is 14.6. The fourth-order valence-electron chi connectivity index (χ4n) is 1.96. The van der Waals surface area contributed by atoms with Gasteiger partial charge >= 0.3 is 12.0 Å². The van der Waals surface area contributed by atoms with E-state index >= 15 is 0 Å². The number of amides is 2. The summed E-state index contributed by atoms with van der Waals surface area (Å²) in [6, 6.07) is 6.65. The van der Waals surface area contributed by atoms with E-state index in [9.17, 15) is 9.59 Å². The summed E-state index contributed by atoms with van der Waals surface area (Å²) < 4.78 is 0.206. The van der Waals surface area contributed by atoms with Crippen molar-refractivity contribution >= 4 is 29.4 Å². The van der Waals surface area contributed by atoms with E-state index < -0.39 is 5.97 Å². The maximum Gasteiger partial charge on any atom is 0.319 e. The molecule has 1 fully saturated rings. The molecule has 20 heavy (non-hydrogen) atoms. The van der Waals surface area contributed by atoms with Crippen molar-refractivity contribution in [3.05, 3.63) is 29.8 Å². The second-order valence-electron chi connectivity index (χ2n) is 4.92. The van der Waals surface area contributed by atoms with Crippen molar-refractivity contribution < 1.29 is 14.7 Å². The first-order chi connectivity index (χ1) is 9.54. The predicted molar refractivity (Wildman–Crippen MR) is 80.3 cm³/mol. The highest BCUT2D eigenvalue weighted by Gasteiger charge is 2.41. The number of carboxylic acid groups (broad SMARTS) is 1. The van der Waals surface area contributed by atoms with Crippen LogP contribution < -0.4 is 10.6 Å². The minimum Gasteiger partial charge on any atom is -0.481 e. The number of rotatable bonds is 6. The quantitative estimate of drug-likeness (QED) is 0.752. The summed E-state index contributed by atoms with van der Waals surface area (Å²) >= 11 is 1.78. The monoisotopic (exact) mass is 294 g/mol. The predicted octanol–water partition coefficient (Wildman–Crippen LogP) is 2.33. The van der Waals surface area contributed by atoms with E-state index in [4.69, 9.17) is 5.11 Å². The molecule has 0 heterocycles. The van der Waals surface area contributed by atoms with Crippen LogP contribution in [0.4, 0.5) is 10.5 Å². The molecule has 0 atom stereocenters. The van der Waals surface area contributed by atoms with Gasteiger partial charge in [-0.1, -0.05) is 18.2 Å². The van der Waals surface area contributed by atoms with Gasteiger partial charge in [-0.3, -0.25) is 4.79 Å². The van der Waals surface area contributed by atoms with Crippen molar-refractivity contribution in [2.24, 2.45) is 0 Å². The molecule has 3 N–H and O–H groups in total. The molecule has 108 valence electrons. The average Bonchev–Trinajstić information content (AvgIpc) is 3.19. The molecule has 0 bridgehead atoms. The summed E-state index contributed by atoms with van der Waals surface area (Å²) in [4.78, 5) is 22.6. The van der Waals surface area contributed by atoms with Crippen LogP contribution in [-0.2, 0) is 11.2 Å². The van der Waals surface area contributed by atoms with Gasteiger partial charge in [0.15, 0.2) is 0 Å². The molecule has 2 amide bonds. The lowest BCUT2D eigenvalue weighted by Crippen LogP contribution is -2.35. The van der Waals surface area contributed by atoms with E-state index in [1.165, 1.54) is 0 Å². The van der Waals surface area contributed by atoms with Crippen LogP contribution in [0.3, 0.4) is 0 Å². The second kappa shape index (κ2) is 6.17. The number of hydrogen-bond acceptors (Lipinski definition) is 3. The number of carbonyl (C=O) groups excluding carboxylic acids is 1. The number of urea groups is 1. The zero-order valence-corrected chi connectivity index (χ0v) is 12.1. The molecule has 1 aromatic carbocycles. The first-order valence-electron chi connectivity index (χ1n) is 6.44. The highest BCUT2D eigenvalue weighted by molar-refractivity contribution is 8.00. The van der Waals surface area contributed by atoms with Gasteiger partial charge in [-0.2, -0.15) is 11.8 Å². The van der Waals surface area contributed by atoms with Crippen molar-refractivity contribution in [2.45, 2.75) is 24.0 Å². The van der Waals surface area contributed by atoms with Gasteiger partial charge in [0.1, 0.15) is 0 Å². The molecule has 0 radical (unpaired) electrons. The van der Waals surface area contributed by atoms with Crippen molar-refractivity contribution in [2.75, 3.05) is 18.1 Å². The number of thioether (sulfide) groups is 1. The Labute approximate surface area is 122 Å². The Kier molecular flexibility index (Phi) is 4.54. The molecule has 6 heteroatoms. The topological polar surface area (TPSA) is 78.4 Å². The largest absolute Gasteiger partial charge is 0.481 e. The molecule has 0 aromatic heterocycles. The van der Waals surface area contributed by atoms with Crippen LogP contribution in [0.25, 0.3) is 0 Å². The standard InChI is InChI=1S/C14H18N2O3S/c1-20-14(6-7-14)9-15-13(19)16-11-5-3-2-4-10(11)8-12(17)18/h2-5H,6-9H2,1H3,(H,17,18)(H2,15,16,19). The van der Waals surface area contributed by atoms with Gasteiger partial charge in [0.25, 0.3) is 0 Å². The molecule has 0 unspecified atom stereocenters. The second-order valence-corrected chi connectivity index (χ2v) is 6.20. The number of aliphatic carboxylic acids is 1. The third-order valence-corrected chi connectivity index (χ3v) is 4.84. The Bertz CT molecular complexity index is 515. The third-order valence-electron chi connectivity index (χ3n) is 3.42. The van der Waals surface area contributed by atoms with E-state index in [0.29, 0.717) is 17.8 Å². The lowest BCUT2D eigenvalue weighted by molar-refractivity contribution is -0.136. The lowest BCUT2D eigenvalue weighted by Gasteiger charge is -2.15. The van der Waals surface area contributed by atoms with Crippen LogP contribution in [0.2, 0.25) is 0 Å². The van der Waals surface area contributed by atoms with Crippen molar-refractivity contribution in [3.63, 3.8) is 0 Å². The summed E-state index contributed by atoms with van der Waals surface area (Å²) in [6.45, 7) is 0.640. The summed E-state index contributed by atoms with van der Waals surface area (Å²) in [5.41, 5.74) is 1.14. The Balaban J connectivity index is 1.92. The van der Waals surface area contributed by atoms with Gasteiger partial charge in [0.05, 0.1) is 6.42 Å². The zero-order valence-electron chi connectivity index (χ0n) is 11.3. The number of benzene rings is 1. The first kappa shape index (κ1) is 14.7. The van der Waals surface area contributed by atoms with Crippen LogP contribution >= 0.6 is 11.8 Å². The number of nitrogens with one attached hydrogen (secondary N) is 2. The Morgan fingerprint density at radius 1 is 1.35 bits per heavy atom. The fourth-order valence-corrected chi connectivity index (χ4v) is 2.69. The Hall–Kier alpha value is -1.69. The van der Waals surface area contributed by atoms with Crippen LogP contribution in [0.15, 0.2) is 24.3 Å². The molecule has 1 aliphatic rings. The Morgan fingerprint density at radius 3 is 2.65 bits per heavy atom. The van der Waals surface area contributed by atoms with Crippen LogP contribution in [0.1, 0.15) is 18.4 Å². The average molecular weight is 294 g/mol. The van der Waals surface area contributed by atoms with E-state index in [0.717, 1.165) is 12.8 Å². The highest BCUT2D eigenvalue weighted by Crippen LogP contribution is 2.46. The van der Waals surface area contributed by atoms with E-state index in [2.05, 4.69) is 16.9 Å². The van der Waals surface area contributed by atoms with Gasteiger partial charge < -0.3 is 15.7 Å². The van der Waals surface area contributed by atoms with Crippen molar-refractivity contribution in [1.29, 1.82) is 0 Å². The van der Waals surface area contributed by atoms with E-state index in [1.54, 1.807) is 36.0 Å². The van der Waals surface area contributed by atoms with Gasteiger partial charge in [-0.05, 0) is 30.7 Å². The maximum atomic E-state index is 11.9. The number of anilines is 1. The SMILES string of the molecule is CSC1(CNC(=O)Nc2ccccc2CC(=O)O)CC1. The van der Waals surface area contributed by atoms with Crippen LogP contribution in [0.5, 0.6) is 0 Å². The Morgan fingerprint density at radius 2 is 2.05 bits per heavy atom. The van der Waals surface area contributed by atoms with Gasteiger partial charge in [0, 0.05) is 17.0 Å². The highest BCUT2D eigenvalue weighted by atomic mass is 32.2. The summed E-state index contributed by atoms with van der Waals surface area (Å²) in [5, 5.41) is 14.4. The number of para-hydroxylation sites is 1. The molecule has 1 aromatic rings. The first-order valence-corrected chi connectivity index (χ1v) is 7.67. The van der Waals surface area contributed by atoms with Crippen molar-refractivity contribution in [1.82, 2.24) is 5.32 Å². The van der Waals surface area contributed by atoms with Gasteiger partial charge in [-0.15, -0.1) is 0 Å². The van der Waals surface area contributed by atoms with Crippen LogP contribution in [-0.4, -0.2) is 34.7 Å². The number of hydrogen-bond donors (Lipinski definition) is 3. The third kappa shape index (κ3) is 3.90. The molecule has 2 rings (SSSR count). The minimum absolute atomic E-state index is 0.106. The lowest BCUT2D eigenvalue weighted by atomic mass is 10.1. The molecule has 0 saturated heterocycles. The summed E-state index contributed by atoms with van der Waals surface area (Å²) in [6.07, 6.45) is 4.20. The number of carbonyl (C=O) groups is 2. The fraction of sp³-hybridized carbons (Fsp3) is 0.429. The molecule has 0 spiro atoms. The maximum absolute atomic E-state index is 11.9. The summed E-state index contributed by atoms with van der Waals surface area (Å²) in [7, 11) is 0. The summed E-state index contributed by atoms with van der Waals surface area (Å²) in [5.74, 6) is -0.918. The normalized spacial score (nSPS) is 15.4. The van der Waals surface area contributed by atoms with Gasteiger partial charge in [-0.25, -0.2) is 4.79 Å². The van der Waals surface area contributed by atoms with E-state index in [1.807, 2.05) is 0 Å². The smallest absolute Gasteiger partial charge is 0.319 e. The van der Waals surface area contributed by atoms with Crippen LogP contribution in [0, 0.1) is 0 Å². The van der Waals surface area contributed by atoms with Crippen molar-refractivity contribution in [3.8, 4) is 0 Å². The molecular formula is C14H18N2O3S. The number of carboxylic acids is 1. The minimum atomic E-state index is -0.918. The molecular weight excluding hydrogens is 276 g/mol. The van der Waals surface area contributed by atoms with E-state index in [-0.39, 0.29) is 17.2 Å².